The topological polar surface area (TPSA) is 29.1 Å². The summed E-state index contributed by atoms with van der Waals surface area (Å²) in [7, 11) is 0. The van der Waals surface area contributed by atoms with Crippen molar-refractivity contribution in [3.8, 4) is 11.1 Å². The average molecular weight is 237 g/mol. The Hall–Kier alpha value is -2.35. The molecule has 2 heteroatoms. The quantitative estimate of drug-likeness (QED) is 0.870. The summed E-state index contributed by atoms with van der Waals surface area (Å²) in [6, 6.07) is 18.0. The molecule has 0 bridgehead atoms. The van der Waals surface area contributed by atoms with Crippen LogP contribution in [0.4, 0.5) is 0 Å². The molecule has 1 amide bonds. The first-order valence-electron chi connectivity index (χ1n) is 5.80. The van der Waals surface area contributed by atoms with E-state index in [-0.39, 0.29) is 5.91 Å². The van der Waals surface area contributed by atoms with Crippen molar-refractivity contribution in [3.63, 3.8) is 0 Å². The standard InChI is InChI=1S/C16H15NO/c1-12(17-13(2)18)15-10-6-7-11-16(15)14-8-4-3-5-9-14/h3-11H,1H2,2H3,(H,17,18). The van der Waals surface area contributed by atoms with E-state index < -0.39 is 0 Å². The Morgan fingerprint density at radius 1 is 1.00 bits per heavy atom. The minimum Gasteiger partial charge on any atom is -0.326 e. The molecule has 0 spiro atoms. The molecule has 0 saturated carbocycles. The number of hydrogen-bond acceptors (Lipinski definition) is 1. The van der Waals surface area contributed by atoms with E-state index in [2.05, 4.69) is 11.9 Å². The smallest absolute Gasteiger partial charge is 0.221 e. The lowest BCUT2D eigenvalue weighted by atomic mass is 9.98. The van der Waals surface area contributed by atoms with E-state index >= 15 is 0 Å². The van der Waals surface area contributed by atoms with Crippen LogP contribution in [0, 0.1) is 0 Å². The predicted octanol–water partition coefficient (Wildman–Crippen LogP) is 3.46. The van der Waals surface area contributed by atoms with Gasteiger partial charge in [-0.05, 0) is 11.1 Å². The van der Waals surface area contributed by atoms with E-state index in [1.165, 1.54) is 6.92 Å². The summed E-state index contributed by atoms with van der Waals surface area (Å²) in [4.78, 5) is 11.1. The number of amides is 1. The first-order chi connectivity index (χ1) is 8.68. The van der Waals surface area contributed by atoms with Crippen LogP contribution < -0.4 is 5.32 Å². The van der Waals surface area contributed by atoms with Gasteiger partial charge in [-0.1, -0.05) is 61.2 Å². The van der Waals surface area contributed by atoms with E-state index in [9.17, 15) is 4.79 Å². The second kappa shape index (κ2) is 5.32. The van der Waals surface area contributed by atoms with Crippen molar-refractivity contribution in [2.45, 2.75) is 6.92 Å². The highest BCUT2D eigenvalue weighted by atomic mass is 16.1. The molecule has 0 aliphatic rings. The van der Waals surface area contributed by atoms with E-state index in [0.29, 0.717) is 5.70 Å². The number of nitrogens with one attached hydrogen (secondary N) is 1. The van der Waals surface area contributed by atoms with Gasteiger partial charge in [0, 0.05) is 18.2 Å². The van der Waals surface area contributed by atoms with Crippen molar-refractivity contribution in [2.24, 2.45) is 0 Å². The molecule has 2 nitrogen and oxygen atoms in total. The number of rotatable bonds is 3. The zero-order valence-corrected chi connectivity index (χ0v) is 10.3. The SMILES string of the molecule is C=C(NC(C)=O)c1ccccc1-c1ccccc1. The molecule has 0 heterocycles. The van der Waals surface area contributed by atoms with Gasteiger partial charge >= 0.3 is 0 Å². The van der Waals surface area contributed by atoms with Crippen molar-refractivity contribution < 1.29 is 4.79 Å². The van der Waals surface area contributed by atoms with Gasteiger partial charge in [0.1, 0.15) is 0 Å². The molecule has 1 N–H and O–H groups in total. The molecule has 0 radical (unpaired) electrons. The maximum absolute atomic E-state index is 11.1. The number of carbonyl (C=O) groups excluding carboxylic acids is 1. The van der Waals surface area contributed by atoms with Crippen LogP contribution in [0.5, 0.6) is 0 Å². The molecule has 0 fully saturated rings. The van der Waals surface area contributed by atoms with Crippen molar-refractivity contribution >= 4 is 11.6 Å². The molecule has 0 aromatic heterocycles. The predicted molar refractivity (Wildman–Crippen MR) is 74.7 cm³/mol. The van der Waals surface area contributed by atoms with Gasteiger partial charge in [0.15, 0.2) is 0 Å². The summed E-state index contributed by atoms with van der Waals surface area (Å²) in [5.74, 6) is -0.108. The molecule has 2 aromatic rings. The van der Waals surface area contributed by atoms with Crippen LogP contribution in [-0.2, 0) is 4.79 Å². The third kappa shape index (κ3) is 2.66. The maximum atomic E-state index is 11.1. The molecule has 90 valence electrons. The normalized spacial score (nSPS) is 9.83. The molecular weight excluding hydrogens is 222 g/mol. The van der Waals surface area contributed by atoms with Crippen LogP contribution in [0.2, 0.25) is 0 Å². The van der Waals surface area contributed by atoms with Crippen LogP contribution in [0.25, 0.3) is 16.8 Å². The van der Waals surface area contributed by atoms with Crippen molar-refractivity contribution in [2.75, 3.05) is 0 Å². The maximum Gasteiger partial charge on any atom is 0.221 e. The second-order valence-electron chi connectivity index (χ2n) is 4.07. The van der Waals surface area contributed by atoms with E-state index in [1.807, 2.05) is 54.6 Å². The highest BCUT2D eigenvalue weighted by Gasteiger charge is 2.07. The zero-order valence-electron chi connectivity index (χ0n) is 10.3. The lowest BCUT2D eigenvalue weighted by Crippen LogP contribution is -2.17. The van der Waals surface area contributed by atoms with Gasteiger partial charge in [-0.15, -0.1) is 0 Å². The monoisotopic (exact) mass is 237 g/mol. The van der Waals surface area contributed by atoms with Crippen molar-refractivity contribution in [1.82, 2.24) is 5.32 Å². The Morgan fingerprint density at radius 2 is 1.61 bits per heavy atom. The molecule has 18 heavy (non-hydrogen) atoms. The first-order valence-corrected chi connectivity index (χ1v) is 5.80. The van der Waals surface area contributed by atoms with E-state index in [0.717, 1.165) is 16.7 Å². The molecule has 0 aliphatic heterocycles. The highest BCUT2D eigenvalue weighted by Crippen LogP contribution is 2.26. The third-order valence-electron chi connectivity index (χ3n) is 2.66. The highest BCUT2D eigenvalue weighted by molar-refractivity contribution is 5.88. The van der Waals surface area contributed by atoms with Gasteiger partial charge in [-0.2, -0.15) is 0 Å². The number of carbonyl (C=O) groups is 1. The van der Waals surface area contributed by atoms with Gasteiger partial charge in [-0.3, -0.25) is 4.79 Å². The van der Waals surface area contributed by atoms with E-state index in [4.69, 9.17) is 0 Å². The van der Waals surface area contributed by atoms with Gasteiger partial charge in [0.25, 0.3) is 0 Å². The summed E-state index contributed by atoms with van der Waals surface area (Å²) < 4.78 is 0. The first kappa shape index (κ1) is 12.1. The van der Waals surface area contributed by atoms with Crippen molar-refractivity contribution in [1.29, 1.82) is 0 Å². The number of benzene rings is 2. The summed E-state index contributed by atoms with van der Waals surface area (Å²) in [5, 5.41) is 2.74. The molecule has 0 atom stereocenters. The largest absolute Gasteiger partial charge is 0.326 e. The fraction of sp³-hybridized carbons (Fsp3) is 0.0625. The fourth-order valence-corrected chi connectivity index (χ4v) is 1.90. The summed E-state index contributed by atoms with van der Waals surface area (Å²) in [6.45, 7) is 5.40. The molecule has 2 aromatic carbocycles. The third-order valence-corrected chi connectivity index (χ3v) is 2.66. The van der Waals surface area contributed by atoms with Crippen LogP contribution in [0.15, 0.2) is 61.2 Å². The summed E-state index contributed by atoms with van der Waals surface area (Å²) in [5.41, 5.74) is 3.75. The molecule has 0 unspecified atom stereocenters. The second-order valence-corrected chi connectivity index (χ2v) is 4.07. The molecular formula is C16H15NO. The molecule has 0 aliphatic carbocycles. The molecule has 0 saturated heterocycles. The van der Waals surface area contributed by atoms with Crippen LogP contribution in [0.1, 0.15) is 12.5 Å². The Labute approximate surface area is 107 Å². The Kier molecular flexibility index (Phi) is 3.58. The summed E-state index contributed by atoms with van der Waals surface area (Å²) >= 11 is 0. The van der Waals surface area contributed by atoms with Gasteiger partial charge in [-0.25, -0.2) is 0 Å². The van der Waals surface area contributed by atoms with E-state index in [1.54, 1.807) is 0 Å². The average Bonchev–Trinajstić information content (AvgIpc) is 2.39. The lowest BCUT2D eigenvalue weighted by Gasteiger charge is -2.12. The van der Waals surface area contributed by atoms with Gasteiger partial charge in [0.2, 0.25) is 5.91 Å². The Balaban J connectivity index is 2.44. The Bertz CT molecular complexity index is 573. The Morgan fingerprint density at radius 3 is 2.28 bits per heavy atom. The lowest BCUT2D eigenvalue weighted by molar-refractivity contribution is -0.117. The van der Waals surface area contributed by atoms with Crippen LogP contribution >= 0.6 is 0 Å². The minimum absolute atomic E-state index is 0.108. The summed E-state index contributed by atoms with van der Waals surface area (Å²) in [6.07, 6.45) is 0. The van der Waals surface area contributed by atoms with Gasteiger partial charge < -0.3 is 5.32 Å². The molecule has 2 rings (SSSR count). The fourth-order valence-electron chi connectivity index (χ4n) is 1.90. The zero-order chi connectivity index (χ0) is 13.0. The van der Waals surface area contributed by atoms with Crippen LogP contribution in [0.3, 0.4) is 0 Å². The van der Waals surface area contributed by atoms with Crippen molar-refractivity contribution in [3.05, 3.63) is 66.7 Å². The number of hydrogen-bond donors (Lipinski definition) is 1. The van der Waals surface area contributed by atoms with Gasteiger partial charge in [0.05, 0.1) is 0 Å². The minimum atomic E-state index is -0.108. The van der Waals surface area contributed by atoms with Crippen LogP contribution in [-0.4, -0.2) is 5.91 Å².